The van der Waals surface area contributed by atoms with E-state index in [1.165, 1.54) is 6.42 Å². The molecule has 0 atom stereocenters. The van der Waals surface area contributed by atoms with Gasteiger partial charge in [0.1, 0.15) is 0 Å². The Labute approximate surface area is 195 Å². The summed E-state index contributed by atoms with van der Waals surface area (Å²) in [5, 5.41) is 6.00. The SMILES string of the molecule is CCOc1cc(C(=O)Nc2ccccc2C(=O)NC2CCCCC2)cc(OCC)c1OCC. The lowest BCUT2D eigenvalue weighted by Gasteiger charge is -2.23. The van der Waals surface area contributed by atoms with Crippen LogP contribution in [0.1, 0.15) is 73.6 Å². The summed E-state index contributed by atoms with van der Waals surface area (Å²) >= 11 is 0. The Morgan fingerprint density at radius 2 is 1.45 bits per heavy atom. The maximum atomic E-state index is 13.2. The zero-order chi connectivity index (χ0) is 23.6. The molecule has 178 valence electrons. The summed E-state index contributed by atoms with van der Waals surface area (Å²) in [5.41, 5.74) is 1.26. The number of rotatable bonds is 10. The van der Waals surface area contributed by atoms with Gasteiger partial charge in [0.25, 0.3) is 11.8 Å². The molecule has 1 aliphatic rings. The van der Waals surface area contributed by atoms with E-state index in [4.69, 9.17) is 14.2 Å². The van der Waals surface area contributed by atoms with Crippen LogP contribution in [0.15, 0.2) is 36.4 Å². The highest BCUT2D eigenvalue weighted by atomic mass is 16.5. The van der Waals surface area contributed by atoms with Gasteiger partial charge in [-0.05, 0) is 57.9 Å². The number of para-hydroxylation sites is 1. The molecule has 7 heteroatoms. The van der Waals surface area contributed by atoms with Gasteiger partial charge in [-0.15, -0.1) is 0 Å². The van der Waals surface area contributed by atoms with Crippen molar-refractivity contribution in [3.63, 3.8) is 0 Å². The fraction of sp³-hybridized carbons (Fsp3) is 0.462. The van der Waals surface area contributed by atoms with Crippen molar-refractivity contribution in [3.8, 4) is 17.2 Å². The first-order valence-electron chi connectivity index (χ1n) is 11.8. The Morgan fingerprint density at radius 3 is 2.06 bits per heavy atom. The Bertz CT molecular complexity index is 926. The second-order valence-electron chi connectivity index (χ2n) is 7.91. The number of carbonyl (C=O) groups excluding carboxylic acids is 2. The van der Waals surface area contributed by atoms with Crippen molar-refractivity contribution in [2.75, 3.05) is 25.1 Å². The third kappa shape index (κ3) is 6.40. The number of carbonyl (C=O) groups is 2. The third-order valence-corrected chi connectivity index (χ3v) is 5.53. The van der Waals surface area contributed by atoms with Gasteiger partial charge in [0.05, 0.1) is 31.1 Å². The minimum Gasteiger partial charge on any atom is -0.490 e. The van der Waals surface area contributed by atoms with Crippen molar-refractivity contribution in [2.24, 2.45) is 0 Å². The Morgan fingerprint density at radius 1 is 0.848 bits per heavy atom. The van der Waals surface area contributed by atoms with Crippen LogP contribution in [0.4, 0.5) is 5.69 Å². The van der Waals surface area contributed by atoms with Gasteiger partial charge in [0.2, 0.25) is 5.75 Å². The van der Waals surface area contributed by atoms with Gasteiger partial charge in [-0.2, -0.15) is 0 Å². The quantitative estimate of drug-likeness (QED) is 0.515. The lowest BCUT2D eigenvalue weighted by Crippen LogP contribution is -2.36. The molecule has 0 bridgehead atoms. The maximum Gasteiger partial charge on any atom is 0.255 e. The minimum atomic E-state index is -0.363. The lowest BCUT2D eigenvalue weighted by molar-refractivity contribution is 0.0928. The zero-order valence-corrected chi connectivity index (χ0v) is 19.7. The number of anilines is 1. The van der Waals surface area contributed by atoms with Crippen LogP contribution in [-0.2, 0) is 0 Å². The van der Waals surface area contributed by atoms with Crippen molar-refractivity contribution in [1.29, 1.82) is 0 Å². The van der Waals surface area contributed by atoms with Gasteiger partial charge >= 0.3 is 0 Å². The van der Waals surface area contributed by atoms with Crippen molar-refractivity contribution in [2.45, 2.75) is 58.9 Å². The van der Waals surface area contributed by atoms with Crippen molar-refractivity contribution in [3.05, 3.63) is 47.5 Å². The second kappa shape index (κ2) is 12.1. The molecule has 0 aromatic heterocycles. The van der Waals surface area contributed by atoms with E-state index in [9.17, 15) is 9.59 Å². The fourth-order valence-corrected chi connectivity index (χ4v) is 4.01. The highest BCUT2D eigenvalue weighted by molar-refractivity contribution is 6.09. The highest BCUT2D eigenvalue weighted by Gasteiger charge is 2.21. The van der Waals surface area contributed by atoms with E-state index in [-0.39, 0.29) is 17.9 Å². The van der Waals surface area contributed by atoms with E-state index in [1.54, 1.807) is 36.4 Å². The monoisotopic (exact) mass is 454 g/mol. The van der Waals surface area contributed by atoms with E-state index >= 15 is 0 Å². The molecule has 0 radical (unpaired) electrons. The number of nitrogens with one attached hydrogen (secondary N) is 2. The average molecular weight is 455 g/mol. The molecule has 1 fully saturated rings. The molecule has 3 rings (SSSR count). The molecule has 1 saturated carbocycles. The maximum absolute atomic E-state index is 13.2. The van der Waals surface area contributed by atoms with Gasteiger partial charge in [-0.1, -0.05) is 31.4 Å². The normalized spacial score (nSPS) is 13.8. The van der Waals surface area contributed by atoms with Crippen LogP contribution < -0.4 is 24.8 Å². The molecule has 2 amide bonds. The Hall–Kier alpha value is -3.22. The smallest absolute Gasteiger partial charge is 0.255 e. The molecule has 2 aromatic rings. The summed E-state index contributed by atoms with van der Waals surface area (Å²) in [6, 6.07) is 10.5. The van der Waals surface area contributed by atoms with Gasteiger partial charge in [-0.3, -0.25) is 9.59 Å². The molecule has 7 nitrogen and oxygen atoms in total. The van der Waals surface area contributed by atoms with Crippen LogP contribution in [0.25, 0.3) is 0 Å². The topological polar surface area (TPSA) is 85.9 Å². The van der Waals surface area contributed by atoms with Gasteiger partial charge in [0.15, 0.2) is 11.5 Å². The summed E-state index contributed by atoms with van der Waals surface area (Å²) in [6.45, 7) is 6.88. The average Bonchev–Trinajstić information content (AvgIpc) is 2.82. The van der Waals surface area contributed by atoms with Crippen LogP contribution in [0.5, 0.6) is 17.2 Å². The predicted molar refractivity (Wildman–Crippen MR) is 129 cm³/mol. The largest absolute Gasteiger partial charge is 0.490 e. The van der Waals surface area contributed by atoms with Crippen LogP contribution in [0.2, 0.25) is 0 Å². The molecule has 2 aromatic carbocycles. The standard InChI is InChI=1S/C26H34N2O5/c1-4-31-22-16-18(17-23(32-5-2)24(22)33-6-3)25(29)28-21-15-11-10-14-20(21)26(30)27-19-12-8-7-9-13-19/h10-11,14-17,19H,4-9,12-13H2,1-3H3,(H,27,30)(H,28,29). The summed E-state index contributed by atoms with van der Waals surface area (Å²) in [7, 11) is 0. The van der Waals surface area contributed by atoms with Gasteiger partial charge in [-0.25, -0.2) is 0 Å². The minimum absolute atomic E-state index is 0.172. The molecule has 2 N–H and O–H groups in total. The summed E-state index contributed by atoms with van der Waals surface area (Å²) < 4.78 is 17.1. The lowest BCUT2D eigenvalue weighted by atomic mass is 9.95. The van der Waals surface area contributed by atoms with Crippen molar-refractivity contribution in [1.82, 2.24) is 5.32 Å². The summed E-state index contributed by atoms with van der Waals surface area (Å²) in [4.78, 5) is 26.1. The number of hydrogen-bond acceptors (Lipinski definition) is 5. The van der Waals surface area contributed by atoms with Gasteiger partial charge in [0, 0.05) is 11.6 Å². The fourth-order valence-electron chi connectivity index (χ4n) is 4.01. The molecule has 0 spiro atoms. The van der Waals surface area contributed by atoms with Gasteiger partial charge < -0.3 is 24.8 Å². The van der Waals surface area contributed by atoms with Crippen LogP contribution in [0.3, 0.4) is 0 Å². The molecule has 0 heterocycles. The number of benzene rings is 2. The van der Waals surface area contributed by atoms with E-state index in [1.807, 2.05) is 20.8 Å². The third-order valence-electron chi connectivity index (χ3n) is 5.53. The zero-order valence-electron chi connectivity index (χ0n) is 19.7. The number of ether oxygens (including phenoxy) is 3. The molecular formula is C26H34N2O5. The molecule has 1 aliphatic carbocycles. The van der Waals surface area contributed by atoms with E-state index in [0.717, 1.165) is 25.7 Å². The predicted octanol–water partition coefficient (Wildman–Crippen LogP) is 5.20. The summed E-state index contributed by atoms with van der Waals surface area (Å²) in [5.74, 6) is 0.829. The summed E-state index contributed by atoms with van der Waals surface area (Å²) in [6.07, 6.45) is 5.46. The molecular weight excluding hydrogens is 420 g/mol. The second-order valence-corrected chi connectivity index (χ2v) is 7.91. The van der Waals surface area contributed by atoms with Crippen LogP contribution in [0, 0.1) is 0 Å². The molecule has 33 heavy (non-hydrogen) atoms. The van der Waals surface area contributed by atoms with Crippen molar-refractivity contribution < 1.29 is 23.8 Å². The van der Waals surface area contributed by atoms with Crippen LogP contribution >= 0.6 is 0 Å². The number of amides is 2. The Kier molecular flexibility index (Phi) is 8.98. The molecule has 0 unspecified atom stereocenters. The molecule has 0 aliphatic heterocycles. The first-order valence-corrected chi connectivity index (χ1v) is 11.8. The Balaban J connectivity index is 1.84. The highest BCUT2D eigenvalue weighted by Crippen LogP contribution is 2.39. The van der Waals surface area contributed by atoms with E-state index in [2.05, 4.69) is 10.6 Å². The van der Waals surface area contributed by atoms with E-state index < -0.39 is 0 Å². The van der Waals surface area contributed by atoms with Crippen molar-refractivity contribution >= 4 is 17.5 Å². The number of hydrogen-bond donors (Lipinski definition) is 2. The first kappa shape index (κ1) is 24.4. The first-order chi connectivity index (χ1) is 16.1. The van der Waals surface area contributed by atoms with Crippen LogP contribution in [-0.4, -0.2) is 37.7 Å². The van der Waals surface area contributed by atoms with E-state index in [0.29, 0.717) is 53.9 Å². The molecule has 0 saturated heterocycles.